The molecule has 2 aromatic rings. The molecule has 0 N–H and O–H groups in total. The highest BCUT2D eigenvalue weighted by atomic mass is 32.1. The van der Waals surface area contributed by atoms with E-state index in [0.717, 1.165) is 0 Å². The highest BCUT2D eigenvalue weighted by molar-refractivity contribution is 7.26. The van der Waals surface area contributed by atoms with E-state index in [1.807, 2.05) is 22.7 Å². The molecule has 14 heavy (non-hydrogen) atoms. The van der Waals surface area contributed by atoms with Gasteiger partial charge in [-0.1, -0.05) is 26.2 Å². The first kappa shape index (κ1) is 10.2. The van der Waals surface area contributed by atoms with Crippen molar-refractivity contribution in [3.63, 3.8) is 0 Å². The van der Waals surface area contributed by atoms with Crippen LogP contribution in [0.2, 0.25) is 0 Å². The fourth-order valence-corrected chi connectivity index (χ4v) is 3.84. The minimum Gasteiger partial charge on any atom is -0.143 e. The average Bonchev–Trinajstić information content (AvgIpc) is 2.72. The molecule has 0 bridgehead atoms. The second-order valence-corrected chi connectivity index (χ2v) is 5.79. The number of fused-ring (bicyclic) bond motifs is 1. The van der Waals surface area contributed by atoms with Crippen LogP contribution >= 0.6 is 22.7 Å². The summed E-state index contributed by atoms with van der Waals surface area (Å²) >= 11 is 3.83. The van der Waals surface area contributed by atoms with Gasteiger partial charge in [0.25, 0.3) is 0 Å². The Labute approximate surface area is 93.6 Å². The monoisotopic (exact) mass is 224 g/mol. The number of thiophene rings is 2. The maximum atomic E-state index is 2.37. The molecule has 0 aliphatic carbocycles. The molecule has 0 spiro atoms. The fourth-order valence-electron chi connectivity index (χ4n) is 1.66. The van der Waals surface area contributed by atoms with Crippen LogP contribution in [0.1, 0.15) is 37.5 Å². The van der Waals surface area contributed by atoms with Crippen LogP contribution in [0.3, 0.4) is 0 Å². The van der Waals surface area contributed by atoms with Crippen LogP contribution in [0, 0.1) is 0 Å². The first-order valence-electron chi connectivity index (χ1n) is 5.36. The molecule has 2 aromatic heterocycles. The Balaban J connectivity index is 1.89. The topological polar surface area (TPSA) is 0 Å². The SMILES string of the molecule is CCCCCCc1cc2sccc2s1. The summed E-state index contributed by atoms with van der Waals surface area (Å²) in [4.78, 5) is 1.57. The van der Waals surface area contributed by atoms with Crippen molar-refractivity contribution in [1.82, 2.24) is 0 Å². The molecule has 0 nitrogen and oxygen atoms in total. The van der Waals surface area contributed by atoms with E-state index in [4.69, 9.17) is 0 Å². The van der Waals surface area contributed by atoms with Crippen molar-refractivity contribution in [3.8, 4) is 0 Å². The zero-order valence-electron chi connectivity index (χ0n) is 8.58. The second-order valence-electron chi connectivity index (χ2n) is 3.67. The minimum atomic E-state index is 1.28. The van der Waals surface area contributed by atoms with E-state index in [-0.39, 0.29) is 0 Å². The van der Waals surface area contributed by atoms with Crippen LogP contribution in [-0.4, -0.2) is 0 Å². The summed E-state index contributed by atoms with van der Waals surface area (Å²) in [6.07, 6.45) is 6.76. The van der Waals surface area contributed by atoms with Crippen LogP contribution in [0.25, 0.3) is 9.40 Å². The molecule has 0 saturated carbocycles. The van der Waals surface area contributed by atoms with Gasteiger partial charge in [-0.15, -0.1) is 22.7 Å². The van der Waals surface area contributed by atoms with Gasteiger partial charge in [0.1, 0.15) is 0 Å². The predicted molar refractivity (Wildman–Crippen MR) is 67.5 cm³/mol. The number of unbranched alkanes of at least 4 members (excludes halogenated alkanes) is 3. The van der Waals surface area contributed by atoms with Gasteiger partial charge in [-0.25, -0.2) is 0 Å². The maximum Gasteiger partial charge on any atom is 0.0453 e. The van der Waals surface area contributed by atoms with E-state index in [1.165, 1.54) is 41.5 Å². The van der Waals surface area contributed by atoms with Crippen molar-refractivity contribution in [1.29, 1.82) is 0 Å². The Morgan fingerprint density at radius 1 is 1.14 bits per heavy atom. The first-order valence-corrected chi connectivity index (χ1v) is 7.05. The molecular formula is C12H16S2. The summed E-state index contributed by atoms with van der Waals surface area (Å²) in [6.45, 7) is 2.26. The predicted octanol–water partition coefficient (Wildman–Crippen LogP) is 5.09. The molecule has 0 unspecified atom stereocenters. The molecule has 2 heterocycles. The Morgan fingerprint density at radius 2 is 2.07 bits per heavy atom. The lowest BCUT2D eigenvalue weighted by Gasteiger charge is -1.96. The molecule has 0 aliphatic rings. The highest BCUT2D eigenvalue weighted by Crippen LogP contribution is 2.30. The second kappa shape index (κ2) is 4.94. The summed E-state index contributed by atoms with van der Waals surface area (Å²) in [5.41, 5.74) is 0. The third-order valence-corrected chi connectivity index (χ3v) is 4.62. The quantitative estimate of drug-likeness (QED) is 0.621. The molecule has 0 radical (unpaired) electrons. The lowest BCUT2D eigenvalue weighted by atomic mass is 10.1. The molecule has 0 fully saturated rings. The normalized spacial score (nSPS) is 11.2. The molecular weight excluding hydrogens is 208 g/mol. The van der Waals surface area contributed by atoms with Crippen molar-refractivity contribution in [2.24, 2.45) is 0 Å². The average molecular weight is 224 g/mol. The maximum absolute atomic E-state index is 2.37. The number of hydrogen-bond donors (Lipinski definition) is 0. The third-order valence-electron chi connectivity index (χ3n) is 2.47. The Morgan fingerprint density at radius 3 is 2.86 bits per heavy atom. The standard InChI is InChI=1S/C12H16S2/c1-2-3-4-5-6-10-9-12-11(14-10)7-8-13-12/h7-9H,2-6H2,1H3. The van der Waals surface area contributed by atoms with Gasteiger partial charge in [-0.05, 0) is 30.4 Å². The molecule has 0 aliphatic heterocycles. The van der Waals surface area contributed by atoms with E-state index < -0.39 is 0 Å². The molecule has 2 rings (SSSR count). The van der Waals surface area contributed by atoms with Crippen LogP contribution in [0.5, 0.6) is 0 Å². The van der Waals surface area contributed by atoms with E-state index in [2.05, 4.69) is 24.4 Å². The Kier molecular flexibility index (Phi) is 3.60. The lowest BCUT2D eigenvalue weighted by Crippen LogP contribution is -1.80. The van der Waals surface area contributed by atoms with Gasteiger partial charge < -0.3 is 0 Å². The van der Waals surface area contributed by atoms with E-state index >= 15 is 0 Å². The zero-order valence-corrected chi connectivity index (χ0v) is 10.2. The lowest BCUT2D eigenvalue weighted by molar-refractivity contribution is 0.670. The van der Waals surface area contributed by atoms with Crippen molar-refractivity contribution in [3.05, 3.63) is 22.4 Å². The van der Waals surface area contributed by atoms with Gasteiger partial charge in [0.2, 0.25) is 0 Å². The molecule has 2 heteroatoms. The van der Waals surface area contributed by atoms with Crippen molar-refractivity contribution in [2.45, 2.75) is 39.0 Å². The summed E-state index contributed by atoms with van der Waals surface area (Å²) in [6, 6.07) is 4.61. The number of aryl methyl sites for hydroxylation is 1. The van der Waals surface area contributed by atoms with E-state index in [1.54, 1.807) is 4.88 Å². The van der Waals surface area contributed by atoms with Gasteiger partial charge in [0, 0.05) is 14.3 Å². The minimum absolute atomic E-state index is 1.28. The molecule has 0 aromatic carbocycles. The summed E-state index contributed by atoms with van der Waals surface area (Å²) in [5, 5.41) is 2.18. The van der Waals surface area contributed by atoms with Crippen LogP contribution in [-0.2, 0) is 6.42 Å². The zero-order chi connectivity index (χ0) is 9.80. The van der Waals surface area contributed by atoms with Gasteiger partial charge in [0.15, 0.2) is 0 Å². The van der Waals surface area contributed by atoms with Crippen LogP contribution in [0.15, 0.2) is 17.5 Å². The molecule has 76 valence electrons. The Hall–Kier alpha value is -0.340. The summed E-state index contributed by atoms with van der Waals surface area (Å²) < 4.78 is 2.95. The van der Waals surface area contributed by atoms with E-state index in [9.17, 15) is 0 Å². The first-order chi connectivity index (χ1) is 6.90. The summed E-state index contributed by atoms with van der Waals surface area (Å²) in [5.74, 6) is 0. The summed E-state index contributed by atoms with van der Waals surface area (Å²) in [7, 11) is 0. The largest absolute Gasteiger partial charge is 0.143 e. The van der Waals surface area contributed by atoms with Crippen LogP contribution < -0.4 is 0 Å². The molecule has 0 atom stereocenters. The van der Waals surface area contributed by atoms with Gasteiger partial charge >= 0.3 is 0 Å². The molecule has 0 amide bonds. The van der Waals surface area contributed by atoms with Gasteiger partial charge in [-0.3, -0.25) is 0 Å². The highest BCUT2D eigenvalue weighted by Gasteiger charge is 2.01. The third kappa shape index (κ3) is 2.37. The van der Waals surface area contributed by atoms with Crippen LogP contribution in [0.4, 0.5) is 0 Å². The smallest absolute Gasteiger partial charge is 0.0453 e. The number of hydrogen-bond acceptors (Lipinski definition) is 2. The number of rotatable bonds is 5. The van der Waals surface area contributed by atoms with Gasteiger partial charge in [-0.2, -0.15) is 0 Å². The Bertz CT molecular complexity index is 355. The van der Waals surface area contributed by atoms with Crippen molar-refractivity contribution in [2.75, 3.05) is 0 Å². The van der Waals surface area contributed by atoms with Crippen molar-refractivity contribution >= 4 is 32.1 Å². The van der Waals surface area contributed by atoms with Gasteiger partial charge in [0.05, 0.1) is 0 Å². The van der Waals surface area contributed by atoms with E-state index in [0.29, 0.717) is 0 Å². The van der Waals surface area contributed by atoms with Crippen molar-refractivity contribution < 1.29 is 0 Å². The molecule has 0 saturated heterocycles. The fraction of sp³-hybridized carbons (Fsp3) is 0.500.